The van der Waals surface area contributed by atoms with E-state index in [1.807, 2.05) is 66.7 Å². The van der Waals surface area contributed by atoms with E-state index < -0.39 is 0 Å². The number of benzene rings is 7. The molecule has 0 aliphatic carbocycles. The van der Waals surface area contributed by atoms with Gasteiger partial charge in [-0.2, -0.15) is 5.26 Å². The molecule has 0 amide bonds. The zero-order valence-corrected chi connectivity index (χ0v) is 27.5. The van der Waals surface area contributed by atoms with Crippen LogP contribution in [0.25, 0.3) is 83.9 Å². The average Bonchev–Trinajstić information content (AvgIpc) is 3.55. The molecule has 0 saturated heterocycles. The highest BCUT2D eigenvalue weighted by Crippen LogP contribution is 2.37. The van der Waals surface area contributed by atoms with Crippen molar-refractivity contribution in [3.05, 3.63) is 181 Å². The minimum absolute atomic E-state index is 0.524. The van der Waals surface area contributed by atoms with Crippen molar-refractivity contribution in [2.24, 2.45) is 0 Å². The second-order valence-electron chi connectivity index (χ2n) is 12.4. The zero-order chi connectivity index (χ0) is 34.1. The molecule has 0 saturated carbocycles. The lowest BCUT2D eigenvalue weighted by Gasteiger charge is -2.15. The average molecular weight is 652 g/mol. The third-order valence-electron chi connectivity index (χ3n) is 9.32. The van der Waals surface area contributed by atoms with Gasteiger partial charge in [-0.25, -0.2) is 15.0 Å². The van der Waals surface area contributed by atoms with E-state index in [2.05, 4.69) is 120 Å². The summed E-state index contributed by atoms with van der Waals surface area (Å²) < 4.78 is 2.22. The summed E-state index contributed by atoms with van der Waals surface area (Å²) in [6.45, 7) is 0. The Labute approximate surface area is 295 Å². The number of rotatable bonds is 6. The largest absolute Gasteiger partial charge is 0.308 e. The fourth-order valence-electron chi connectivity index (χ4n) is 6.80. The first kappa shape index (κ1) is 29.9. The maximum atomic E-state index is 10.0. The van der Waals surface area contributed by atoms with Crippen LogP contribution in [0, 0.1) is 11.3 Å². The highest BCUT2D eigenvalue weighted by Gasteiger charge is 2.20. The third-order valence-corrected chi connectivity index (χ3v) is 9.32. The zero-order valence-electron chi connectivity index (χ0n) is 27.5. The molecule has 0 radical (unpaired) electrons. The fourth-order valence-corrected chi connectivity index (χ4v) is 6.80. The van der Waals surface area contributed by atoms with Gasteiger partial charge in [0.1, 0.15) is 0 Å². The quantitative estimate of drug-likeness (QED) is 0.179. The van der Waals surface area contributed by atoms with E-state index in [9.17, 15) is 5.26 Å². The second-order valence-corrected chi connectivity index (χ2v) is 12.4. The molecule has 5 heteroatoms. The summed E-state index contributed by atoms with van der Waals surface area (Å²) >= 11 is 0. The van der Waals surface area contributed by atoms with E-state index in [-0.39, 0.29) is 0 Å². The Morgan fingerprint density at radius 2 is 0.804 bits per heavy atom. The van der Waals surface area contributed by atoms with Crippen molar-refractivity contribution in [3.63, 3.8) is 0 Å². The van der Waals surface area contributed by atoms with Gasteiger partial charge in [-0.1, -0.05) is 146 Å². The summed E-state index contributed by atoms with van der Waals surface area (Å²) in [6.07, 6.45) is 0. The maximum Gasteiger partial charge on any atom is 0.166 e. The van der Waals surface area contributed by atoms with Crippen LogP contribution in [0.4, 0.5) is 0 Å². The van der Waals surface area contributed by atoms with Crippen LogP contribution in [0.3, 0.4) is 0 Å². The van der Waals surface area contributed by atoms with Gasteiger partial charge in [0.25, 0.3) is 0 Å². The predicted molar refractivity (Wildman–Crippen MR) is 206 cm³/mol. The van der Waals surface area contributed by atoms with Gasteiger partial charge >= 0.3 is 0 Å². The molecule has 238 valence electrons. The maximum absolute atomic E-state index is 10.0. The predicted octanol–water partition coefficient (Wildman–Crippen LogP) is 11.2. The van der Waals surface area contributed by atoms with E-state index in [0.717, 1.165) is 66.4 Å². The molecule has 51 heavy (non-hydrogen) atoms. The molecule has 0 atom stereocenters. The van der Waals surface area contributed by atoms with Gasteiger partial charge in [-0.15, -0.1) is 0 Å². The first-order valence-electron chi connectivity index (χ1n) is 16.8. The minimum atomic E-state index is 0.524. The molecule has 7 aromatic carbocycles. The lowest BCUT2D eigenvalue weighted by atomic mass is 10.0. The van der Waals surface area contributed by atoms with Crippen LogP contribution in [0.1, 0.15) is 5.56 Å². The lowest BCUT2D eigenvalue weighted by Crippen LogP contribution is -2.04. The molecule has 0 spiro atoms. The minimum Gasteiger partial charge on any atom is -0.308 e. The Balaban J connectivity index is 1.25. The van der Waals surface area contributed by atoms with Crippen LogP contribution < -0.4 is 0 Å². The molecular weight excluding hydrogens is 623 g/mol. The first-order valence-corrected chi connectivity index (χ1v) is 16.8. The number of aromatic nitrogens is 4. The summed E-state index contributed by atoms with van der Waals surface area (Å²) in [6, 6.07) is 62.1. The highest BCUT2D eigenvalue weighted by atomic mass is 15.1. The van der Waals surface area contributed by atoms with Crippen LogP contribution in [0.2, 0.25) is 0 Å². The van der Waals surface area contributed by atoms with Crippen molar-refractivity contribution in [3.8, 4) is 68.2 Å². The molecule has 0 bridgehead atoms. The van der Waals surface area contributed by atoms with Gasteiger partial charge in [0.05, 0.1) is 28.4 Å². The van der Waals surface area contributed by atoms with Gasteiger partial charge in [0.15, 0.2) is 17.5 Å². The summed E-state index contributed by atoms with van der Waals surface area (Å²) in [7, 11) is 0. The normalized spacial score (nSPS) is 11.1. The van der Waals surface area contributed by atoms with Crippen LogP contribution in [0.15, 0.2) is 176 Å². The summed E-state index contributed by atoms with van der Waals surface area (Å²) in [4.78, 5) is 15.3. The molecule has 0 aliphatic rings. The smallest absolute Gasteiger partial charge is 0.166 e. The molecule has 0 aliphatic heterocycles. The summed E-state index contributed by atoms with van der Waals surface area (Å²) in [5.74, 6) is 1.66. The number of fused-ring (bicyclic) bond motifs is 3. The lowest BCUT2D eigenvalue weighted by molar-refractivity contribution is 1.06. The number of nitriles is 1. The van der Waals surface area contributed by atoms with E-state index in [4.69, 9.17) is 15.0 Å². The van der Waals surface area contributed by atoms with E-state index in [1.165, 1.54) is 0 Å². The van der Waals surface area contributed by atoms with Gasteiger partial charge in [-0.3, -0.25) is 0 Å². The highest BCUT2D eigenvalue weighted by molar-refractivity contribution is 6.09. The SMILES string of the molecule is N#Cc1ccc(-c2nc(-c3ccc(-c4ccccc4)cc3)nc(-c3ccc(-c4ccccc4)cc3)n2)c(-n2c3ccccc3c3ccccc32)c1. The van der Waals surface area contributed by atoms with Crippen molar-refractivity contribution >= 4 is 21.8 Å². The van der Waals surface area contributed by atoms with E-state index >= 15 is 0 Å². The Morgan fingerprint density at radius 1 is 0.392 bits per heavy atom. The topological polar surface area (TPSA) is 67.4 Å². The molecule has 5 nitrogen and oxygen atoms in total. The Hall–Kier alpha value is -7.16. The molecule has 9 rings (SSSR count). The number of hydrogen-bond donors (Lipinski definition) is 0. The van der Waals surface area contributed by atoms with Crippen molar-refractivity contribution in [1.29, 1.82) is 5.26 Å². The third kappa shape index (κ3) is 5.51. The first-order chi connectivity index (χ1) is 25.2. The monoisotopic (exact) mass is 651 g/mol. The Bertz CT molecular complexity index is 2570. The molecule has 0 N–H and O–H groups in total. The Morgan fingerprint density at radius 3 is 1.29 bits per heavy atom. The van der Waals surface area contributed by atoms with Gasteiger partial charge in [0, 0.05) is 27.5 Å². The number of nitrogens with zero attached hydrogens (tertiary/aromatic N) is 5. The van der Waals surface area contributed by atoms with Crippen LogP contribution in [0.5, 0.6) is 0 Å². The number of hydrogen-bond acceptors (Lipinski definition) is 4. The molecular formula is C46H29N5. The van der Waals surface area contributed by atoms with E-state index in [0.29, 0.717) is 23.0 Å². The van der Waals surface area contributed by atoms with Crippen LogP contribution >= 0.6 is 0 Å². The van der Waals surface area contributed by atoms with Crippen molar-refractivity contribution < 1.29 is 0 Å². The molecule has 0 unspecified atom stereocenters. The Kier molecular flexibility index (Phi) is 7.46. The molecule has 0 fully saturated rings. The molecule has 9 aromatic rings. The van der Waals surface area contributed by atoms with Gasteiger partial charge in [0.2, 0.25) is 0 Å². The molecule has 2 heterocycles. The van der Waals surface area contributed by atoms with Gasteiger partial charge in [-0.05, 0) is 52.6 Å². The van der Waals surface area contributed by atoms with Gasteiger partial charge < -0.3 is 4.57 Å². The van der Waals surface area contributed by atoms with E-state index in [1.54, 1.807) is 0 Å². The summed E-state index contributed by atoms with van der Waals surface area (Å²) in [5.41, 5.74) is 10.5. The second kappa shape index (κ2) is 12.7. The molecule has 2 aromatic heterocycles. The van der Waals surface area contributed by atoms with Crippen molar-refractivity contribution in [2.45, 2.75) is 0 Å². The van der Waals surface area contributed by atoms with Crippen molar-refractivity contribution in [2.75, 3.05) is 0 Å². The standard InChI is InChI=1S/C46H29N5/c47-30-31-19-28-40(43(29-31)51-41-17-9-7-15-38(41)39-16-8-10-18-42(39)51)46-49-44(36-24-20-34(21-25-36)32-11-3-1-4-12-32)48-45(50-46)37-26-22-35(23-27-37)33-13-5-2-6-14-33/h1-29H. The summed E-state index contributed by atoms with van der Waals surface area (Å²) in [5, 5.41) is 12.3. The fraction of sp³-hybridized carbons (Fsp3) is 0. The van der Waals surface area contributed by atoms with Crippen LogP contribution in [-0.2, 0) is 0 Å². The van der Waals surface area contributed by atoms with Crippen molar-refractivity contribution in [1.82, 2.24) is 19.5 Å². The van der Waals surface area contributed by atoms with Crippen LogP contribution in [-0.4, -0.2) is 19.5 Å². The number of para-hydroxylation sites is 2.